The molecule has 2 amide bonds. The number of nitrogens with zero attached hydrogens (tertiary/aromatic N) is 1. The lowest BCUT2D eigenvalue weighted by Crippen LogP contribution is -2.38. The Labute approximate surface area is 203 Å². The van der Waals surface area contributed by atoms with Crippen molar-refractivity contribution in [2.24, 2.45) is 5.92 Å². The zero-order valence-corrected chi connectivity index (χ0v) is 20.2. The van der Waals surface area contributed by atoms with Crippen molar-refractivity contribution >= 4 is 11.8 Å². The molecule has 0 unspecified atom stereocenters. The lowest BCUT2D eigenvalue weighted by atomic mass is 9.83. The smallest absolute Gasteiger partial charge is 0.224 e. The summed E-state index contributed by atoms with van der Waals surface area (Å²) in [5.74, 6) is 1.59. The van der Waals surface area contributed by atoms with E-state index in [0.717, 1.165) is 49.4 Å². The van der Waals surface area contributed by atoms with Gasteiger partial charge in [0.2, 0.25) is 11.8 Å². The van der Waals surface area contributed by atoms with Gasteiger partial charge in [0.1, 0.15) is 5.75 Å². The van der Waals surface area contributed by atoms with Crippen LogP contribution in [0.5, 0.6) is 5.75 Å². The molecule has 6 heteroatoms. The lowest BCUT2D eigenvalue weighted by molar-refractivity contribution is -0.123. The Kier molecular flexibility index (Phi) is 8.58. The van der Waals surface area contributed by atoms with Crippen LogP contribution in [0.15, 0.2) is 54.6 Å². The third-order valence-electron chi connectivity index (χ3n) is 7.13. The molecule has 2 aromatic carbocycles. The van der Waals surface area contributed by atoms with E-state index in [2.05, 4.69) is 27.7 Å². The molecule has 34 heavy (non-hydrogen) atoms. The second kappa shape index (κ2) is 12.0. The van der Waals surface area contributed by atoms with Crippen LogP contribution in [0.3, 0.4) is 0 Å². The van der Waals surface area contributed by atoms with Crippen LogP contribution in [0, 0.1) is 5.92 Å². The van der Waals surface area contributed by atoms with Gasteiger partial charge in [-0.1, -0.05) is 48.9 Å². The number of hydrogen-bond acceptors (Lipinski definition) is 4. The van der Waals surface area contributed by atoms with Gasteiger partial charge in [0, 0.05) is 32.1 Å². The van der Waals surface area contributed by atoms with Crippen LogP contribution < -0.4 is 15.4 Å². The van der Waals surface area contributed by atoms with Crippen LogP contribution in [-0.4, -0.2) is 49.5 Å². The molecule has 2 N–H and O–H groups in total. The van der Waals surface area contributed by atoms with E-state index < -0.39 is 0 Å². The van der Waals surface area contributed by atoms with Crippen LogP contribution in [0.1, 0.15) is 55.7 Å². The monoisotopic (exact) mass is 463 g/mol. The summed E-state index contributed by atoms with van der Waals surface area (Å²) in [5.41, 5.74) is 2.14. The summed E-state index contributed by atoms with van der Waals surface area (Å²) in [4.78, 5) is 27.5. The van der Waals surface area contributed by atoms with E-state index in [0.29, 0.717) is 18.8 Å². The van der Waals surface area contributed by atoms with Crippen molar-refractivity contribution in [3.63, 3.8) is 0 Å². The summed E-state index contributed by atoms with van der Waals surface area (Å²) in [5, 5.41) is 6.48. The molecule has 1 aliphatic carbocycles. The van der Waals surface area contributed by atoms with Gasteiger partial charge in [0.25, 0.3) is 0 Å². The maximum atomic E-state index is 12.6. The number of carbonyl (C=O) groups is 2. The molecule has 0 aromatic heterocycles. The number of nitrogens with one attached hydrogen (secondary N) is 2. The summed E-state index contributed by atoms with van der Waals surface area (Å²) in [7, 11) is 1.64. The molecular formula is C28H37N3O3. The van der Waals surface area contributed by atoms with Gasteiger partial charge in [-0.05, 0) is 54.9 Å². The van der Waals surface area contributed by atoms with E-state index in [4.69, 9.17) is 4.74 Å². The Bertz CT molecular complexity index is 928. The highest BCUT2D eigenvalue weighted by Crippen LogP contribution is 2.29. The van der Waals surface area contributed by atoms with Crippen LogP contribution in [0.25, 0.3) is 0 Å². The summed E-state index contributed by atoms with van der Waals surface area (Å²) >= 11 is 0. The van der Waals surface area contributed by atoms with Crippen LogP contribution in [0.4, 0.5) is 0 Å². The van der Waals surface area contributed by atoms with E-state index in [9.17, 15) is 9.59 Å². The number of carbonyl (C=O) groups excluding carboxylic acids is 2. The number of amides is 2. The molecule has 2 aromatic rings. The minimum absolute atomic E-state index is 0.0255. The fourth-order valence-corrected chi connectivity index (χ4v) is 4.89. The highest BCUT2D eigenvalue weighted by Gasteiger charge is 2.26. The number of ether oxygens (including phenoxy) is 1. The highest BCUT2D eigenvalue weighted by molar-refractivity contribution is 5.79. The normalized spacial score (nSPS) is 19.3. The zero-order valence-electron chi connectivity index (χ0n) is 20.2. The first kappa shape index (κ1) is 24.3. The minimum atomic E-state index is 0.0255. The number of rotatable bonds is 11. The quantitative estimate of drug-likeness (QED) is 0.531. The fourth-order valence-electron chi connectivity index (χ4n) is 4.89. The van der Waals surface area contributed by atoms with Gasteiger partial charge in [-0.3, -0.25) is 9.59 Å². The maximum absolute atomic E-state index is 12.6. The average molecular weight is 464 g/mol. The highest BCUT2D eigenvalue weighted by atomic mass is 16.5. The number of benzene rings is 2. The Hall–Kier alpha value is -2.86. The number of methoxy groups -OCH3 is 1. The van der Waals surface area contributed by atoms with Crippen molar-refractivity contribution in [2.75, 3.05) is 26.7 Å². The molecule has 0 bridgehead atoms. The van der Waals surface area contributed by atoms with Crippen molar-refractivity contribution in [1.29, 1.82) is 0 Å². The van der Waals surface area contributed by atoms with E-state index in [1.165, 1.54) is 19.3 Å². The van der Waals surface area contributed by atoms with Crippen LogP contribution >= 0.6 is 0 Å². The first-order chi connectivity index (χ1) is 16.6. The second-order valence-electron chi connectivity index (χ2n) is 9.70. The zero-order chi connectivity index (χ0) is 23.8. The van der Waals surface area contributed by atoms with E-state index in [1.807, 2.05) is 42.5 Å². The third kappa shape index (κ3) is 7.07. The molecule has 1 heterocycles. The van der Waals surface area contributed by atoms with Crippen molar-refractivity contribution in [3.8, 4) is 5.75 Å². The molecule has 0 radical (unpaired) electrons. The SMILES string of the molecule is COc1ccc(CC(=O)N[C@H]2CCN(CC[C@H](NC(=O)CC3CCC3)c3ccccc3)C2)cc1. The molecule has 0 spiro atoms. The summed E-state index contributed by atoms with van der Waals surface area (Å²) in [6, 6.07) is 18.1. The molecule has 1 saturated heterocycles. The Balaban J connectivity index is 1.23. The molecule has 1 saturated carbocycles. The standard InChI is InChI=1S/C28H37N3O3/c1-34-25-12-10-22(11-13-25)19-27(32)29-24-14-16-31(20-24)17-15-26(23-8-3-2-4-9-23)30-28(33)18-21-6-5-7-21/h2-4,8-13,21,24,26H,5-7,14-20H2,1H3,(H,29,32)(H,30,33)/t24-,26-/m0/s1. The second-order valence-corrected chi connectivity index (χ2v) is 9.70. The Morgan fingerprint density at radius 1 is 1.03 bits per heavy atom. The van der Waals surface area contributed by atoms with E-state index in [1.54, 1.807) is 7.11 Å². The van der Waals surface area contributed by atoms with Gasteiger partial charge in [0.05, 0.1) is 19.6 Å². The molecule has 1 aliphatic heterocycles. The molecule has 2 fully saturated rings. The van der Waals surface area contributed by atoms with Gasteiger partial charge in [-0.25, -0.2) is 0 Å². The van der Waals surface area contributed by atoms with Crippen LogP contribution in [-0.2, 0) is 16.0 Å². The minimum Gasteiger partial charge on any atom is -0.497 e. The summed E-state index contributed by atoms with van der Waals surface area (Å²) in [6.45, 7) is 2.71. The number of likely N-dealkylation sites (tertiary alicyclic amines) is 1. The van der Waals surface area contributed by atoms with Crippen molar-refractivity contribution < 1.29 is 14.3 Å². The topological polar surface area (TPSA) is 70.7 Å². The summed E-state index contributed by atoms with van der Waals surface area (Å²) < 4.78 is 5.18. The largest absolute Gasteiger partial charge is 0.497 e. The third-order valence-corrected chi connectivity index (χ3v) is 7.13. The van der Waals surface area contributed by atoms with Gasteiger partial charge >= 0.3 is 0 Å². The predicted molar refractivity (Wildman–Crippen MR) is 134 cm³/mol. The van der Waals surface area contributed by atoms with E-state index >= 15 is 0 Å². The van der Waals surface area contributed by atoms with Gasteiger partial charge in [-0.15, -0.1) is 0 Å². The first-order valence-electron chi connectivity index (χ1n) is 12.6. The van der Waals surface area contributed by atoms with Gasteiger partial charge in [-0.2, -0.15) is 0 Å². The Morgan fingerprint density at radius 2 is 1.79 bits per heavy atom. The molecule has 2 atom stereocenters. The molecule has 2 aliphatic rings. The molecular weight excluding hydrogens is 426 g/mol. The van der Waals surface area contributed by atoms with Crippen molar-refractivity contribution in [2.45, 2.75) is 57.0 Å². The van der Waals surface area contributed by atoms with Crippen LogP contribution in [0.2, 0.25) is 0 Å². The summed E-state index contributed by atoms with van der Waals surface area (Å²) in [6.07, 6.45) is 6.47. The van der Waals surface area contributed by atoms with Crippen molar-refractivity contribution in [1.82, 2.24) is 15.5 Å². The first-order valence-corrected chi connectivity index (χ1v) is 12.6. The molecule has 4 rings (SSSR count). The predicted octanol–water partition coefficient (Wildman–Crippen LogP) is 3.87. The number of hydrogen-bond donors (Lipinski definition) is 2. The van der Waals surface area contributed by atoms with Gasteiger partial charge < -0.3 is 20.3 Å². The fraction of sp³-hybridized carbons (Fsp3) is 0.500. The van der Waals surface area contributed by atoms with Crippen molar-refractivity contribution in [3.05, 3.63) is 65.7 Å². The Morgan fingerprint density at radius 3 is 2.47 bits per heavy atom. The van der Waals surface area contributed by atoms with E-state index in [-0.39, 0.29) is 23.9 Å². The maximum Gasteiger partial charge on any atom is 0.224 e. The molecule has 6 nitrogen and oxygen atoms in total. The van der Waals surface area contributed by atoms with Gasteiger partial charge in [0.15, 0.2) is 0 Å². The lowest BCUT2D eigenvalue weighted by Gasteiger charge is -2.27. The average Bonchev–Trinajstić information content (AvgIpc) is 3.27. The molecule has 182 valence electrons.